The lowest BCUT2D eigenvalue weighted by molar-refractivity contribution is 0.964. The monoisotopic (exact) mass is 189 g/mol. The maximum absolute atomic E-state index is 2.16. The first kappa shape index (κ1) is 10.8. The Balaban J connectivity index is 0.000000293. The van der Waals surface area contributed by atoms with Crippen LogP contribution in [0.3, 0.4) is 0 Å². The Kier molecular flexibility index (Phi) is 3.75. The van der Waals surface area contributed by atoms with Crippen LogP contribution in [0.5, 0.6) is 0 Å². The fraction of sp³-hybridized carbons (Fsp3) is 0.385. The molecule has 0 bridgehead atoms. The van der Waals surface area contributed by atoms with E-state index in [-0.39, 0.29) is 0 Å². The van der Waals surface area contributed by atoms with Crippen LogP contribution in [0.2, 0.25) is 0 Å². The lowest BCUT2D eigenvalue weighted by atomic mass is 10.2. The lowest BCUT2D eigenvalue weighted by Crippen LogP contribution is -1.81. The first-order valence-electron chi connectivity index (χ1n) is 5.21. The van der Waals surface area contributed by atoms with Crippen LogP contribution < -0.4 is 0 Å². The van der Waals surface area contributed by atoms with E-state index in [1.165, 1.54) is 22.9 Å². The standard InChI is InChI=1S/C10H11N.C3H8/c1-8-7-11(2)10-6-4-3-5-9(8)10;1-3-2/h3-7H,1-2H3;3H2,1-2H3. The Bertz CT molecular complexity index is 363. The van der Waals surface area contributed by atoms with Gasteiger partial charge >= 0.3 is 0 Å². The molecule has 1 nitrogen and oxygen atoms in total. The largest absolute Gasteiger partial charge is 0.350 e. The Morgan fingerprint density at radius 3 is 2.29 bits per heavy atom. The molecule has 0 fully saturated rings. The number of hydrogen-bond acceptors (Lipinski definition) is 0. The van der Waals surface area contributed by atoms with Crippen LogP contribution in [0.15, 0.2) is 30.5 Å². The molecule has 0 atom stereocenters. The Hall–Kier alpha value is -1.24. The highest BCUT2D eigenvalue weighted by atomic mass is 14.9. The van der Waals surface area contributed by atoms with E-state index in [0.717, 1.165) is 0 Å². The van der Waals surface area contributed by atoms with Crippen LogP contribution in [0.1, 0.15) is 25.8 Å². The molecule has 0 saturated carbocycles. The quantitative estimate of drug-likeness (QED) is 0.592. The van der Waals surface area contributed by atoms with Crippen molar-refractivity contribution in [2.75, 3.05) is 0 Å². The third kappa shape index (κ3) is 2.16. The molecule has 0 unspecified atom stereocenters. The number of benzene rings is 1. The molecule has 0 radical (unpaired) electrons. The van der Waals surface area contributed by atoms with Crippen molar-refractivity contribution >= 4 is 10.9 Å². The summed E-state index contributed by atoms with van der Waals surface area (Å²) in [6.07, 6.45) is 3.41. The zero-order valence-electron chi connectivity index (χ0n) is 9.54. The number of aromatic nitrogens is 1. The molecule has 1 heterocycles. The SMILES string of the molecule is CCC.Cc1cn(C)c2ccccc12. The summed E-state index contributed by atoms with van der Waals surface area (Å²) < 4.78 is 2.16. The second-order valence-corrected chi connectivity index (χ2v) is 3.65. The van der Waals surface area contributed by atoms with Crippen LogP contribution >= 0.6 is 0 Å². The molecule has 0 aliphatic rings. The summed E-state index contributed by atoms with van der Waals surface area (Å²) in [5.74, 6) is 0. The second-order valence-electron chi connectivity index (χ2n) is 3.65. The number of fused-ring (bicyclic) bond motifs is 1. The molecule has 0 aliphatic heterocycles. The molecule has 1 aromatic heterocycles. The van der Waals surface area contributed by atoms with Gasteiger partial charge in [-0.1, -0.05) is 38.5 Å². The highest BCUT2D eigenvalue weighted by Crippen LogP contribution is 2.18. The van der Waals surface area contributed by atoms with Crippen molar-refractivity contribution in [1.29, 1.82) is 0 Å². The van der Waals surface area contributed by atoms with Gasteiger partial charge in [-0.2, -0.15) is 0 Å². The highest BCUT2D eigenvalue weighted by Gasteiger charge is 1.98. The van der Waals surface area contributed by atoms with Crippen LogP contribution in [-0.4, -0.2) is 4.57 Å². The van der Waals surface area contributed by atoms with Gasteiger partial charge in [0.05, 0.1) is 0 Å². The molecule has 1 aromatic carbocycles. The minimum Gasteiger partial charge on any atom is -0.350 e. The third-order valence-corrected chi connectivity index (χ3v) is 2.10. The maximum Gasteiger partial charge on any atom is 0.0480 e. The zero-order valence-corrected chi connectivity index (χ0v) is 9.54. The van der Waals surface area contributed by atoms with Gasteiger partial charge in [-0.05, 0) is 18.6 Å². The first-order chi connectivity index (χ1) is 6.70. The Morgan fingerprint density at radius 1 is 1.14 bits per heavy atom. The molecule has 2 aromatic rings. The summed E-state index contributed by atoms with van der Waals surface area (Å²) in [6.45, 7) is 6.39. The summed E-state index contributed by atoms with van der Waals surface area (Å²) in [4.78, 5) is 0. The molecule has 0 aliphatic carbocycles. The van der Waals surface area contributed by atoms with Gasteiger partial charge in [0.2, 0.25) is 0 Å². The minimum absolute atomic E-state index is 1.25. The fourth-order valence-electron chi connectivity index (χ4n) is 1.54. The van der Waals surface area contributed by atoms with Crippen LogP contribution in [0.4, 0.5) is 0 Å². The van der Waals surface area contributed by atoms with E-state index >= 15 is 0 Å². The van der Waals surface area contributed by atoms with Gasteiger partial charge in [-0.15, -0.1) is 0 Å². The van der Waals surface area contributed by atoms with Gasteiger partial charge in [0, 0.05) is 24.1 Å². The van der Waals surface area contributed by atoms with Crippen LogP contribution in [0.25, 0.3) is 10.9 Å². The Morgan fingerprint density at radius 2 is 1.71 bits per heavy atom. The topological polar surface area (TPSA) is 4.93 Å². The van der Waals surface area contributed by atoms with Gasteiger partial charge in [0.25, 0.3) is 0 Å². The van der Waals surface area contributed by atoms with Crippen molar-refractivity contribution in [1.82, 2.24) is 4.57 Å². The molecule has 76 valence electrons. The number of rotatable bonds is 0. The molecule has 14 heavy (non-hydrogen) atoms. The van der Waals surface area contributed by atoms with Gasteiger partial charge in [0.1, 0.15) is 0 Å². The smallest absolute Gasteiger partial charge is 0.0480 e. The molecule has 0 saturated heterocycles. The van der Waals surface area contributed by atoms with E-state index in [1.54, 1.807) is 0 Å². The second kappa shape index (κ2) is 4.85. The highest BCUT2D eigenvalue weighted by molar-refractivity contribution is 5.83. The maximum atomic E-state index is 2.16. The van der Waals surface area contributed by atoms with Crippen molar-refractivity contribution in [2.24, 2.45) is 7.05 Å². The molecule has 2 rings (SSSR count). The third-order valence-electron chi connectivity index (χ3n) is 2.10. The summed E-state index contributed by atoms with van der Waals surface area (Å²) in [7, 11) is 2.08. The molecule has 1 heteroatoms. The van der Waals surface area contributed by atoms with E-state index in [4.69, 9.17) is 0 Å². The molecule has 0 amide bonds. The lowest BCUT2D eigenvalue weighted by Gasteiger charge is -1.92. The normalized spacial score (nSPS) is 9.71. The van der Waals surface area contributed by atoms with Crippen LogP contribution in [-0.2, 0) is 7.05 Å². The molecular formula is C13H19N. The fourth-order valence-corrected chi connectivity index (χ4v) is 1.54. The molecule has 0 N–H and O–H groups in total. The first-order valence-corrected chi connectivity index (χ1v) is 5.21. The summed E-state index contributed by atoms with van der Waals surface area (Å²) in [5, 5.41) is 1.36. The predicted octanol–water partition coefficient (Wildman–Crippen LogP) is 3.90. The van der Waals surface area contributed by atoms with Crippen LogP contribution in [0, 0.1) is 6.92 Å². The van der Waals surface area contributed by atoms with E-state index in [9.17, 15) is 0 Å². The van der Waals surface area contributed by atoms with Gasteiger partial charge in [-0.3, -0.25) is 0 Å². The van der Waals surface area contributed by atoms with Crippen molar-refractivity contribution in [3.05, 3.63) is 36.0 Å². The Labute approximate surface area is 86.4 Å². The number of para-hydroxylation sites is 1. The van der Waals surface area contributed by atoms with E-state index in [0.29, 0.717) is 0 Å². The average Bonchev–Trinajstić information content (AvgIpc) is 2.45. The van der Waals surface area contributed by atoms with Crippen molar-refractivity contribution < 1.29 is 0 Å². The number of hydrogen-bond donors (Lipinski definition) is 0. The molecule has 0 spiro atoms. The molecular weight excluding hydrogens is 170 g/mol. The number of aryl methyl sites for hydroxylation is 2. The zero-order chi connectivity index (χ0) is 10.6. The van der Waals surface area contributed by atoms with Gasteiger partial charge < -0.3 is 4.57 Å². The predicted molar refractivity (Wildman–Crippen MR) is 63.6 cm³/mol. The summed E-state index contributed by atoms with van der Waals surface area (Å²) >= 11 is 0. The van der Waals surface area contributed by atoms with E-state index in [1.807, 2.05) is 0 Å². The van der Waals surface area contributed by atoms with Crippen molar-refractivity contribution in [3.8, 4) is 0 Å². The van der Waals surface area contributed by atoms with Gasteiger partial charge in [-0.25, -0.2) is 0 Å². The summed E-state index contributed by atoms with van der Waals surface area (Å²) in [6, 6.07) is 8.45. The van der Waals surface area contributed by atoms with Crippen molar-refractivity contribution in [2.45, 2.75) is 27.2 Å². The average molecular weight is 189 g/mol. The number of nitrogens with zero attached hydrogens (tertiary/aromatic N) is 1. The minimum atomic E-state index is 1.25. The van der Waals surface area contributed by atoms with E-state index in [2.05, 4.69) is 62.8 Å². The van der Waals surface area contributed by atoms with Gasteiger partial charge in [0.15, 0.2) is 0 Å². The van der Waals surface area contributed by atoms with E-state index < -0.39 is 0 Å². The summed E-state index contributed by atoms with van der Waals surface area (Å²) in [5.41, 5.74) is 2.66. The van der Waals surface area contributed by atoms with Crippen molar-refractivity contribution in [3.63, 3.8) is 0 Å².